The number of benzene rings is 2. The van der Waals surface area contributed by atoms with E-state index in [1.807, 2.05) is 36.4 Å². The van der Waals surface area contributed by atoms with Crippen molar-refractivity contribution < 1.29 is 14.0 Å². The molecule has 0 bridgehead atoms. The molecule has 0 spiro atoms. The fourth-order valence-electron chi connectivity index (χ4n) is 2.15. The molecule has 0 aliphatic heterocycles. The SMILES string of the molecule is O=Cc1ccc(-c2ccc(-c3ccc(C=O)o3)cc2)cc1. The van der Waals surface area contributed by atoms with Gasteiger partial charge in [0.2, 0.25) is 0 Å². The lowest BCUT2D eigenvalue weighted by Crippen LogP contribution is -1.82. The molecule has 0 atom stereocenters. The van der Waals surface area contributed by atoms with Crippen LogP contribution in [0, 0.1) is 0 Å². The van der Waals surface area contributed by atoms with Crippen molar-refractivity contribution in [3.8, 4) is 22.5 Å². The Bertz CT molecular complexity index is 765. The Balaban J connectivity index is 1.89. The highest BCUT2D eigenvalue weighted by molar-refractivity contribution is 5.77. The molecule has 0 N–H and O–H groups in total. The molecule has 0 saturated heterocycles. The number of hydrogen-bond donors (Lipinski definition) is 0. The molecule has 21 heavy (non-hydrogen) atoms. The van der Waals surface area contributed by atoms with Gasteiger partial charge in [-0.1, -0.05) is 48.5 Å². The highest BCUT2D eigenvalue weighted by Crippen LogP contribution is 2.26. The smallest absolute Gasteiger partial charge is 0.185 e. The molecule has 1 aromatic heterocycles. The fraction of sp³-hybridized carbons (Fsp3) is 0. The summed E-state index contributed by atoms with van der Waals surface area (Å²) in [6.07, 6.45) is 1.51. The van der Waals surface area contributed by atoms with Crippen molar-refractivity contribution in [3.63, 3.8) is 0 Å². The van der Waals surface area contributed by atoms with Crippen molar-refractivity contribution in [2.75, 3.05) is 0 Å². The van der Waals surface area contributed by atoms with Crippen molar-refractivity contribution >= 4 is 12.6 Å². The summed E-state index contributed by atoms with van der Waals surface area (Å²) in [4.78, 5) is 21.3. The van der Waals surface area contributed by atoms with Crippen LogP contribution in [0.15, 0.2) is 65.1 Å². The van der Waals surface area contributed by atoms with E-state index in [0.29, 0.717) is 23.4 Å². The fourth-order valence-corrected chi connectivity index (χ4v) is 2.15. The summed E-state index contributed by atoms with van der Waals surface area (Å²) in [5.41, 5.74) is 3.67. The summed E-state index contributed by atoms with van der Waals surface area (Å²) in [5, 5.41) is 0. The molecule has 1 heterocycles. The second-order valence-corrected chi connectivity index (χ2v) is 4.64. The Morgan fingerprint density at radius 2 is 1.19 bits per heavy atom. The van der Waals surface area contributed by atoms with Gasteiger partial charge in [-0.25, -0.2) is 0 Å². The second-order valence-electron chi connectivity index (χ2n) is 4.64. The van der Waals surface area contributed by atoms with E-state index in [9.17, 15) is 9.59 Å². The average molecular weight is 276 g/mol. The van der Waals surface area contributed by atoms with Crippen LogP contribution in [-0.4, -0.2) is 12.6 Å². The molecular formula is C18H12O3. The molecule has 3 rings (SSSR count). The highest BCUT2D eigenvalue weighted by Gasteiger charge is 2.05. The molecule has 3 heteroatoms. The minimum atomic E-state index is 0.318. The topological polar surface area (TPSA) is 47.3 Å². The summed E-state index contributed by atoms with van der Waals surface area (Å²) in [6, 6.07) is 18.7. The predicted octanol–water partition coefficient (Wildman–Crippen LogP) is 4.24. The first-order chi connectivity index (χ1) is 10.3. The molecule has 0 amide bonds. The zero-order valence-corrected chi connectivity index (χ0v) is 11.2. The van der Waals surface area contributed by atoms with Gasteiger partial charge in [0, 0.05) is 11.1 Å². The molecule has 3 aromatic rings. The summed E-state index contributed by atoms with van der Waals surface area (Å²) >= 11 is 0. The Morgan fingerprint density at radius 3 is 1.71 bits per heavy atom. The zero-order chi connectivity index (χ0) is 14.7. The van der Waals surface area contributed by atoms with Gasteiger partial charge in [0.15, 0.2) is 12.0 Å². The highest BCUT2D eigenvalue weighted by atomic mass is 16.3. The zero-order valence-electron chi connectivity index (χ0n) is 11.2. The summed E-state index contributed by atoms with van der Waals surface area (Å²) < 4.78 is 5.39. The van der Waals surface area contributed by atoms with Crippen LogP contribution in [0.5, 0.6) is 0 Å². The van der Waals surface area contributed by atoms with Gasteiger partial charge >= 0.3 is 0 Å². The summed E-state index contributed by atoms with van der Waals surface area (Å²) in [7, 11) is 0. The first-order valence-electron chi connectivity index (χ1n) is 6.51. The van der Waals surface area contributed by atoms with Crippen LogP contribution in [-0.2, 0) is 0 Å². The van der Waals surface area contributed by atoms with E-state index < -0.39 is 0 Å². The molecule has 0 aliphatic rings. The molecule has 0 unspecified atom stereocenters. The number of aldehydes is 2. The quantitative estimate of drug-likeness (QED) is 0.670. The van der Waals surface area contributed by atoms with Gasteiger partial charge in [0.25, 0.3) is 0 Å². The molecular weight excluding hydrogens is 264 g/mol. The van der Waals surface area contributed by atoms with Crippen molar-refractivity contribution in [1.82, 2.24) is 0 Å². The monoisotopic (exact) mass is 276 g/mol. The van der Waals surface area contributed by atoms with E-state index in [1.165, 1.54) is 0 Å². The minimum absolute atomic E-state index is 0.318. The number of carbonyl (C=O) groups is 2. The third-order valence-electron chi connectivity index (χ3n) is 3.29. The Kier molecular flexibility index (Phi) is 3.48. The maximum atomic E-state index is 10.6. The molecule has 0 aliphatic carbocycles. The van der Waals surface area contributed by atoms with E-state index in [0.717, 1.165) is 23.0 Å². The van der Waals surface area contributed by atoms with Gasteiger partial charge in [-0.15, -0.1) is 0 Å². The Labute approximate surface area is 121 Å². The lowest BCUT2D eigenvalue weighted by Gasteiger charge is -2.03. The van der Waals surface area contributed by atoms with Crippen LogP contribution in [0.4, 0.5) is 0 Å². The molecule has 3 nitrogen and oxygen atoms in total. The predicted molar refractivity (Wildman–Crippen MR) is 80.4 cm³/mol. The number of rotatable bonds is 4. The standard InChI is InChI=1S/C18H12O3/c19-11-13-1-3-14(4-2-13)15-5-7-16(8-6-15)18-10-9-17(12-20)21-18/h1-12H. The summed E-state index contributed by atoms with van der Waals surface area (Å²) in [5.74, 6) is 0.985. The number of furan rings is 1. The molecule has 102 valence electrons. The van der Waals surface area contributed by atoms with E-state index in [-0.39, 0.29) is 0 Å². The first-order valence-corrected chi connectivity index (χ1v) is 6.51. The van der Waals surface area contributed by atoms with Gasteiger partial charge in [-0.2, -0.15) is 0 Å². The van der Waals surface area contributed by atoms with Crippen LogP contribution >= 0.6 is 0 Å². The number of hydrogen-bond acceptors (Lipinski definition) is 3. The van der Waals surface area contributed by atoms with Crippen LogP contribution in [0.3, 0.4) is 0 Å². The van der Waals surface area contributed by atoms with Crippen LogP contribution in [0.2, 0.25) is 0 Å². The average Bonchev–Trinajstić information content (AvgIpc) is 3.04. The minimum Gasteiger partial charge on any atom is -0.453 e. The maximum absolute atomic E-state index is 10.6. The van der Waals surface area contributed by atoms with Gasteiger partial charge in [0.05, 0.1) is 0 Å². The van der Waals surface area contributed by atoms with Gasteiger partial charge in [-0.05, 0) is 23.3 Å². The normalized spacial score (nSPS) is 10.3. The summed E-state index contributed by atoms with van der Waals surface area (Å²) in [6.45, 7) is 0. The lowest BCUT2D eigenvalue weighted by atomic mass is 10.0. The molecule has 0 fully saturated rings. The number of carbonyl (C=O) groups excluding carboxylic acids is 2. The van der Waals surface area contributed by atoms with Crippen molar-refractivity contribution in [3.05, 3.63) is 72.0 Å². The van der Waals surface area contributed by atoms with Crippen molar-refractivity contribution in [2.24, 2.45) is 0 Å². The first kappa shape index (κ1) is 13.1. The third kappa shape index (κ3) is 2.67. The second kappa shape index (κ2) is 5.59. The van der Waals surface area contributed by atoms with Crippen LogP contribution < -0.4 is 0 Å². The maximum Gasteiger partial charge on any atom is 0.185 e. The van der Waals surface area contributed by atoms with Crippen molar-refractivity contribution in [1.29, 1.82) is 0 Å². The van der Waals surface area contributed by atoms with Crippen LogP contribution in [0.25, 0.3) is 22.5 Å². The Hall–Kier alpha value is -2.94. The van der Waals surface area contributed by atoms with E-state index in [1.54, 1.807) is 24.3 Å². The van der Waals surface area contributed by atoms with E-state index in [2.05, 4.69) is 0 Å². The lowest BCUT2D eigenvalue weighted by molar-refractivity contribution is 0.109. The largest absolute Gasteiger partial charge is 0.453 e. The molecule has 2 aromatic carbocycles. The molecule has 0 saturated carbocycles. The van der Waals surface area contributed by atoms with Gasteiger partial charge < -0.3 is 4.42 Å². The van der Waals surface area contributed by atoms with Crippen molar-refractivity contribution in [2.45, 2.75) is 0 Å². The Morgan fingerprint density at radius 1 is 0.619 bits per heavy atom. The third-order valence-corrected chi connectivity index (χ3v) is 3.29. The van der Waals surface area contributed by atoms with E-state index >= 15 is 0 Å². The van der Waals surface area contributed by atoms with E-state index in [4.69, 9.17) is 4.42 Å². The van der Waals surface area contributed by atoms with Gasteiger partial charge in [-0.3, -0.25) is 9.59 Å². The molecule has 0 radical (unpaired) electrons. The van der Waals surface area contributed by atoms with Gasteiger partial charge in [0.1, 0.15) is 12.0 Å². The van der Waals surface area contributed by atoms with Crippen LogP contribution in [0.1, 0.15) is 20.9 Å².